The van der Waals surface area contributed by atoms with Crippen LogP contribution < -0.4 is 0 Å². The van der Waals surface area contributed by atoms with Crippen LogP contribution in [0.4, 0.5) is 0 Å². The number of carbonyl (C=O) groups is 1. The number of pyridine rings is 1. The fourth-order valence-electron chi connectivity index (χ4n) is 1.47. The molecule has 18 heavy (non-hydrogen) atoms. The second-order valence-corrected chi connectivity index (χ2v) is 3.88. The lowest BCUT2D eigenvalue weighted by molar-refractivity contribution is 0.103. The zero-order valence-corrected chi connectivity index (χ0v) is 11.4. The highest BCUT2D eigenvalue weighted by Gasteiger charge is 2.08. The number of carbonyl (C=O) groups excluding carboxylic acids is 1. The first-order valence-electron chi connectivity index (χ1n) is 6.21. The Bertz CT molecular complexity index is 450. The molecule has 0 N–H and O–H groups in total. The van der Waals surface area contributed by atoms with E-state index in [0.29, 0.717) is 11.1 Å². The molecule has 94 valence electrons. The van der Waals surface area contributed by atoms with E-state index in [9.17, 15) is 4.79 Å². The molecule has 0 atom stereocenters. The van der Waals surface area contributed by atoms with E-state index < -0.39 is 0 Å². The Morgan fingerprint density at radius 3 is 1.94 bits per heavy atom. The molecule has 0 fully saturated rings. The van der Waals surface area contributed by atoms with Gasteiger partial charge in [0.1, 0.15) is 0 Å². The van der Waals surface area contributed by atoms with Gasteiger partial charge in [-0.05, 0) is 26.0 Å². The highest BCUT2D eigenvalue weighted by molar-refractivity contribution is 6.08. The number of hydrogen-bond donors (Lipinski definition) is 0. The topological polar surface area (TPSA) is 30.0 Å². The molecule has 0 unspecified atom stereocenters. The Morgan fingerprint density at radius 2 is 1.44 bits per heavy atom. The smallest absolute Gasteiger partial charge is 0.194 e. The summed E-state index contributed by atoms with van der Waals surface area (Å²) in [6, 6.07) is 11.2. The Labute approximate surface area is 109 Å². The van der Waals surface area contributed by atoms with Crippen LogP contribution in [0, 0.1) is 13.8 Å². The number of aryl methyl sites for hydroxylation is 2. The molecule has 1 aromatic carbocycles. The number of nitrogens with zero attached hydrogens (tertiary/aromatic N) is 1. The van der Waals surface area contributed by atoms with E-state index in [4.69, 9.17) is 0 Å². The molecule has 0 spiro atoms. The van der Waals surface area contributed by atoms with Gasteiger partial charge in [0, 0.05) is 23.0 Å². The number of hydrogen-bond acceptors (Lipinski definition) is 2. The second-order valence-electron chi connectivity index (χ2n) is 3.88. The average molecular weight is 241 g/mol. The lowest BCUT2D eigenvalue weighted by Gasteiger charge is -2.01. The largest absolute Gasteiger partial charge is 0.289 e. The average Bonchev–Trinajstić information content (AvgIpc) is 2.42. The van der Waals surface area contributed by atoms with Crippen LogP contribution >= 0.6 is 0 Å². The van der Waals surface area contributed by atoms with Crippen molar-refractivity contribution in [1.29, 1.82) is 0 Å². The SMILES string of the molecule is CC.Cc1ccc(C(=O)c2ccc(C)nc2)cc1. The maximum Gasteiger partial charge on any atom is 0.194 e. The number of benzene rings is 1. The maximum atomic E-state index is 12.0. The quantitative estimate of drug-likeness (QED) is 0.745. The van der Waals surface area contributed by atoms with Gasteiger partial charge >= 0.3 is 0 Å². The van der Waals surface area contributed by atoms with Gasteiger partial charge < -0.3 is 0 Å². The molecule has 0 bridgehead atoms. The van der Waals surface area contributed by atoms with Crippen molar-refractivity contribution >= 4 is 5.78 Å². The second kappa shape index (κ2) is 6.70. The van der Waals surface area contributed by atoms with Gasteiger partial charge in [-0.15, -0.1) is 0 Å². The highest BCUT2D eigenvalue weighted by Crippen LogP contribution is 2.10. The van der Waals surface area contributed by atoms with Crippen molar-refractivity contribution in [3.63, 3.8) is 0 Å². The normalized spacial score (nSPS) is 9.33. The van der Waals surface area contributed by atoms with Gasteiger partial charge in [-0.25, -0.2) is 0 Å². The molecular formula is C16H19NO. The van der Waals surface area contributed by atoms with Gasteiger partial charge in [0.25, 0.3) is 0 Å². The van der Waals surface area contributed by atoms with Gasteiger partial charge in [0.15, 0.2) is 5.78 Å². The molecule has 0 aliphatic carbocycles. The van der Waals surface area contributed by atoms with E-state index >= 15 is 0 Å². The monoisotopic (exact) mass is 241 g/mol. The summed E-state index contributed by atoms with van der Waals surface area (Å²) in [5, 5.41) is 0. The summed E-state index contributed by atoms with van der Waals surface area (Å²) in [7, 11) is 0. The van der Waals surface area contributed by atoms with Crippen LogP contribution in [-0.4, -0.2) is 10.8 Å². The molecule has 2 nitrogen and oxygen atoms in total. The predicted octanol–water partition coefficient (Wildman–Crippen LogP) is 3.96. The van der Waals surface area contributed by atoms with E-state index in [1.54, 1.807) is 6.20 Å². The standard InChI is InChI=1S/C14H13NO.C2H6/c1-10-3-6-12(7-4-10)14(16)13-8-5-11(2)15-9-13;1-2/h3-9H,1-2H3;1-2H3. The molecule has 0 aliphatic rings. The van der Waals surface area contributed by atoms with Crippen molar-refractivity contribution < 1.29 is 4.79 Å². The molecule has 0 amide bonds. The first-order chi connectivity index (χ1) is 8.66. The van der Waals surface area contributed by atoms with Gasteiger partial charge in [0.2, 0.25) is 0 Å². The van der Waals surface area contributed by atoms with Crippen LogP contribution in [-0.2, 0) is 0 Å². The first kappa shape index (κ1) is 14.1. The van der Waals surface area contributed by atoms with E-state index in [2.05, 4.69) is 4.98 Å². The lowest BCUT2D eigenvalue weighted by Crippen LogP contribution is -2.01. The maximum absolute atomic E-state index is 12.0. The molecule has 2 aromatic rings. The Hall–Kier alpha value is -1.96. The van der Waals surface area contributed by atoms with E-state index in [1.807, 2.05) is 64.1 Å². The van der Waals surface area contributed by atoms with E-state index in [1.165, 1.54) is 0 Å². The molecule has 0 aliphatic heterocycles. The van der Waals surface area contributed by atoms with Crippen LogP contribution in [0.1, 0.15) is 41.0 Å². The van der Waals surface area contributed by atoms with Gasteiger partial charge in [-0.1, -0.05) is 43.7 Å². The van der Waals surface area contributed by atoms with Gasteiger partial charge in [-0.3, -0.25) is 9.78 Å². The lowest BCUT2D eigenvalue weighted by atomic mass is 10.0. The van der Waals surface area contributed by atoms with Crippen molar-refractivity contribution in [3.05, 3.63) is 65.0 Å². The summed E-state index contributed by atoms with van der Waals surface area (Å²) < 4.78 is 0. The van der Waals surface area contributed by atoms with Gasteiger partial charge in [-0.2, -0.15) is 0 Å². The van der Waals surface area contributed by atoms with Gasteiger partial charge in [0.05, 0.1) is 0 Å². The molecule has 1 aromatic heterocycles. The third kappa shape index (κ3) is 3.52. The zero-order valence-electron chi connectivity index (χ0n) is 11.4. The minimum atomic E-state index is 0.0208. The molecule has 0 saturated carbocycles. The van der Waals surface area contributed by atoms with Crippen LogP contribution in [0.5, 0.6) is 0 Å². The zero-order chi connectivity index (χ0) is 13.5. The molecule has 2 rings (SSSR count). The third-order valence-corrected chi connectivity index (χ3v) is 2.49. The highest BCUT2D eigenvalue weighted by atomic mass is 16.1. The number of ketones is 1. The minimum Gasteiger partial charge on any atom is -0.289 e. The number of aromatic nitrogens is 1. The summed E-state index contributed by atoms with van der Waals surface area (Å²) in [5.41, 5.74) is 3.41. The van der Waals surface area contributed by atoms with E-state index in [0.717, 1.165) is 11.3 Å². The Kier molecular flexibility index (Phi) is 5.25. The summed E-state index contributed by atoms with van der Waals surface area (Å²) in [5.74, 6) is 0.0208. The Balaban J connectivity index is 0.000000771. The minimum absolute atomic E-state index is 0.0208. The van der Waals surface area contributed by atoms with Crippen molar-refractivity contribution in [2.24, 2.45) is 0 Å². The van der Waals surface area contributed by atoms with Crippen LogP contribution in [0.15, 0.2) is 42.6 Å². The summed E-state index contributed by atoms with van der Waals surface area (Å²) in [4.78, 5) is 16.2. The van der Waals surface area contributed by atoms with E-state index in [-0.39, 0.29) is 5.78 Å². The number of rotatable bonds is 2. The van der Waals surface area contributed by atoms with Crippen molar-refractivity contribution in [2.45, 2.75) is 27.7 Å². The molecule has 0 saturated heterocycles. The molecule has 1 heterocycles. The fourth-order valence-corrected chi connectivity index (χ4v) is 1.47. The summed E-state index contributed by atoms with van der Waals surface area (Å²) >= 11 is 0. The first-order valence-corrected chi connectivity index (χ1v) is 6.21. The molecule has 0 radical (unpaired) electrons. The molecule has 2 heteroatoms. The summed E-state index contributed by atoms with van der Waals surface area (Å²) in [6.45, 7) is 7.90. The predicted molar refractivity (Wildman–Crippen MR) is 74.9 cm³/mol. The van der Waals surface area contributed by atoms with Crippen molar-refractivity contribution in [1.82, 2.24) is 4.98 Å². The Morgan fingerprint density at radius 1 is 0.889 bits per heavy atom. The van der Waals surface area contributed by atoms with Crippen molar-refractivity contribution in [2.75, 3.05) is 0 Å². The van der Waals surface area contributed by atoms with Crippen LogP contribution in [0.25, 0.3) is 0 Å². The third-order valence-electron chi connectivity index (χ3n) is 2.49. The molecular weight excluding hydrogens is 222 g/mol. The van der Waals surface area contributed by atoms with Crippen LogP contribution in [0.2, 0.25) is 0 Å². The van der Waals surface area contributed by atoms with Crippen molar-refractivity contribution in [3.8, 4) is 0 Å². The summed E-state index contributed by atoms with van der Waals surface area (Å²) in [6.07, 6.45) is 1.62. The fraction of sp³-hybridized carbons (Fsp3) is 0.250. The van der Waals surface area contributed by atoms with Crippen LogP contribution in [0.3, 0.4) is 0 Å².